The van der Waals surface area contributed by atoms with Crippen LogP contribution in [-0.4, -0.2) is 59.6 Å². The first-order valence-electron chi connectivity index (χ1n) is 12.8. The van der Waals surface area contributed by atoms with Crippen molar-refractivity contribution >= 4 is 40.6 Å². The summed E-state index contributed by atoms with van der Waals surface area (Å²) in [6.07, 6.45) is 1.22. The Hall–Kier alpha value is -4.65. The maximum absolute atomic E-state index is 13.9. The van der Waals surface area contributed by atoms with E-state index in [0.29, 0.717) is 40.6 Å². The molecule has 3 heterocycles. The van der Waals surface area contributed by atoms with Crippen LogP contribution in [0.5, 0.6) is 5.75 Å². The summed E-state index contributed by atoms with van der Waals surface area (Å²) in [5, 5.41) is 15.6. The van der Waals surface area contributed by atoms with Gasteiger partial charge in [-0.25, -0.2) is 0 Å². The first-order chi connectivity index (χ1) is 18.7. The molecule has 0 bridgehead atoms. The van der Waals surface area contributed by atoms with Gasteiger partial charge in [0.15, 0.2) is 0 Å². The lowest BCUT2D eigenvalue weighted by atomic mass is 9.80. The van der Waals surface area contributed by atoms with E-state index in [9.17, 15) is 24.4 Å². The van der Waals surface area contributed by atoms with Crippen molar-refractivity contribution in [2.24, 2.45) is 5.92 Å². The number of hydrogen-bond acceptors (Lipinski definition) is 6. The van der Waals surface area contributed by atoms with Crippen molar-refractivity contribution in [3.63, 3.8) is 0 Å². The third-order valence-electron chi connectivity index (χ3n) is 7.57. The number of carbonyl (C=O) groups is 4. The number of rotatable bonds is 7. The van der Waals surface area contributed by atoms with Gasteiger partial charge in [0.2, 0.25) is 11.8 Å². The lowest BCUT2D eigenvalue weighted by molar-refractivity contribution is -0.137. The lowest BCUT2D eigenvalue weighted by Gasteiger charge is -2.28. The molecule has 1 saturated heterocycles. The van der Waals surface area contributed by atoms with Crippen LogP contribution >= 0.6 is 0 Å². The Morgan fingerprint density at radius 3 is 2.74 bits per heavy atom. The summed E-state index contributed by atoms with van der Waals surface area (Å²) in [4.78, 5) is 56.9. The minimum absolute atomic E-state index is 0.0447. The third kappa shape index (κ3) is 4.40. The molecule has 1 spiro atoms. The molecular weight excluding hydrogens is 498 g/mol. The van der Waals surface area contributed by atoms with E-state index in [1.807, 2.05) is 32.0 Å². The summed E-state index contributed by atoms with van der Waals surface area (Å²) < 4.78 is 5.38. The Balaban J connectivity index is 1.43. The van der Waals surface area contributed by atoms with E-state index in [-0.39, 0.29) is 30.5 Å². The summed E-state index contributed by atoms with van der Waals surface area (Å²) in [6.45, 7) is 3.92. The zero-order valence-corrected chi connectivity index (χ0v) is 21.9. The number of ether oxygens (including phenoxy) is 1. The molecule has 200 valence electrons. The largest absolute Gasteiger partial charge is 0.496 e. The second kappa shape index (κ2) is 9.91. The smallest absolute Gasteiger partial charge is 0.268 e. The molecule has 39 heavy (non-hydrogen) atoms. The molecule has 1 fully saturated rings. The molecule has 0 saturated carbocycles. The molecule has 1 aromatic heterocycles. The number of nitrogens with zero attached hydrogens (tertiary/aromatic N) is 2. The zero-order chi connectivity index (χ0) is 27.9. The summed E-state index contributed by atoms with van der Waals surface area (Å²) in [5.41, 5.74) is 1.57. The summed E-state index contributed by atoms with van der Waals surface area (Å²) in [6, 6.07) is 12.5. The highest BCUT2D eigenvalue weighted by Gasteiger charge is 2.56. The minimum Gasteiger partial charge on any atom is -0.496 e. The standard InChI is InChI=1S/C29H29N5O5/c1-16(2)8-24(32-26(36)23-11-19-22(31-23)9-17(13-30)10-25(19)39-3)27(37)34-15-29(12-18(34)14-35)20-6-4-5-7-21(20)33-28(29)38/h4-7,9-11,14,16,18,24,31H,8,12,15H2,1-3H3,(H,32,36)(H,33,38)/t18-,24?,29-/m0/s1. The van der Waals surface area contributed by atoms with Gasteiger partial charge in [-0.1, -0.05) is 32.0 Å². The topological polar surface area (TPSA) is 144 Å². The molecule has 0 radical (unpaired) electrons. The predicted octanol–water partition coefficient (Wildman–Crippen LogP) is 2.88. The van der Waals surface area contributed by atoms with Crippen molar-refractivity contribution in [2.45, 2.75) is 44.2 Å². The number of anilines is 1. The van der Waals surface area contributed by atoms with Gasteiger partial charge in [0.1, 0.15) is 23.8 Å². The first kappa shape index (κ1) is 26.0. The van der Waals surface area contributed by atoms with E-state index in [0.717, 1.165) is 5.56 Å². The van der Waals surface area contributed by atoms with Crippen LogP contribution in [0, 0.1) is 17.2 Å². The Labute approximate surface area is 225 Å². The van der Waals surface area contributed by atoms with Crippen molar-refractivity contribution in [2.75, 3.05) is 19.0 Å². The zero-order valence-electron chi connectivity index (χ0n) is 21.9. The molecule has 1 unspecified atom stereocenters. The Morgan fingerprint density at radius 2 is 2.05 bits per heavy atom. The highest BCUT2D eigenvalue weighted by Crippen LogP contribution is 2.46. The van der Waals surface area contributed by atoms with Crippen LogP contribution in [0.1, 0.15) is 48.3 Å². The van der Waals surface area contributed by atoms with Gasteiger partial charge in [0, 0.05) is 17.6 Å². The second-order valence-electron chi connectivity index (χ2n) is 10.5. The average molecular weight is 528 g/mol. The summed E-state index contributed by atoms with van der Waals surface area (Å²) in [7, 11) is 1.48. The molecule has 3 atom stereocenters. The molecule has 2 aliphatic rings. The first-order valence-corrected chi connectivity index (χ1v) is 12.8. The number of fused-ring (bicyclic) bond motifs is 3. The van der Waals surface area contributed by atoms with E-state index in [2.05, 4.69) is 21.7 Å². The predicted molar refractivity (Wildman–Crippen MR) is 143 cm³/mol. The van der Waals surface area contributed by atoms with Crippen LogP contribution in [0.4, 0.5) is 5.69 Å². The average Bonchev–Trinajstić information content (AvgIpc) is 3.61. The number of carbonyl (C=O) groups excluding carboxylic acids is 4. The highest BCUT2D eigenvalue weighted by atomic mass is 16.5. The van der Waals surface area contributed by atoms with E-state index in [4.69, 9.17) is 4.74 Å². The number of likely N-dealkylation sites (tertiary alicyclic amines) is 1. The molecule has 10 heteroatoms. The van der Waals surface area contributed by atoms with Crippen LogP contribution < -0.4 is 15.4 Å². The van der Waals surface area contributed by atoms with Crippen LogP contribution in [0.15, 0.2) is 42.5 Å². The van der Waals surface area contributed by atoms with E-state index in [1.165, 1.54) is 12.0 Å². The molecule has 3 aromatic rings. The summed E-state index contributed by atoms with van der Waals surface area (Å²) >= 11 is 0. The number of para-hydroxylation sites is 1. The van der Waals surface area contributed by atoms with Crippen molar-refractivity contribution in [1.82, 2.24) is 15.2 Å². The van der Waals surface area contributed by atoms with Gasteiger partial charge in [-0.3, -0.25) is 14.4 Å². The fraction of sp³-hybridized carbons (Fsp3) is 0.345. The molecule has 5 rings (SSSR count). The second-order valence-corrected chi connectivity index (χ2v) is 10.5. The third-order valence-corrected chi connectivity index (χ3v) is 7.57. The molecule has 3 amide bonds. The van der Waals surface area contributed by atoms with Gasteiger partial charge in [-0.05, 0) is 48.6 Å². The van der Waals surface area contributed by atoms with Crippen LogP contribution in [0.25, 0.3) is 10.9 Å². The Kier molecular flexibility index (Phi) is 6.60. The van der Waals surface area contributed by atoms with E-state index in [1.54, 1.807) is 24.3 Å². The lowest BCUT2D eigenvalue weighted by Crippen LogP contribution is -2.51. The van der Waals surface area contributed by atoms with Crippen LogP contribution in [-0.2, 0) is 19.8 Å². The molecule has 2 aliphatic heterocycles. The van der Waals surface area contributed by atoms with Gasteiger partial charge in [-0.2, -0.15) is 5.26 Å². The van der Waals surface area contributed by atoms with Crippen LogP contribution in [0.3, 0.4) is 0 Å². The molecule has 0 aliphatic carbocycles. The number of benzene rings is 2. The normalized spacial score (nSPS) is 20.5. The number of methoxy groups -OCH3 is 1. The summed E-state index contributed by atoms with van der Waals surface area (Å²) in [5.74, 6) is -0.656. The number of aromatic nitrogens is 1. The van der Waals surface area contributed by atoms with Crippen molar-refractivity contribution in [3.8, 4) is 11.8 Å². The number of H-pyrrole nitrogens is 1. The number of amides is 3. The van der Waals surface area contributed by atoms with Gasteiger partial charge >= 0.3 is 0 Å². The number of aromatic amines is 1. The maximum atomic E-state index is 13.9. The quantitative estimate of drug-likeness (QED) is 0.403. The van der Waals surface area contributed by atoms with E-state index < -0.39 is 29.3 Å². The molecule has 3 N–H and O–H groups in total. The van der Waals surface area contributed by atoms with Crippen LogP contribution in [0.2, 0.25) is 0 Å². The fourth-order valence-electron chi connectivity index (χ4n) is 5.73. The number of nitriles is 1. The van der Waals surface area contributed by atoms with Gasteiger partial charge < -0.3 is 30.0 Å². The number of aldehydes is 1. The highest BCUT2D eigenvalue weighted by molar-refractivity contribution is 6.08. The minimum atomic E-state index is -1.02. The Morgan fingerprint density at radius 1 is 1.28 bits per heavy atom. The molecule has 2 aromatic carbocycles. The molecule has 10 nitrogen and oxygen atoms in total. The van der Waals surface area contributed by atoms with Crippen molar-refractivity contribution in [1.29, 1.82) is 5.26 Å². The van der Waals surface area contributed by atoms with Gasteiger partial charge in [0.25, 0.3) is 5.91 Å². The SMILES string of the molecule is COc1cc(C#N)cc2[nH]c(C(=O)NC(CC(C)C)C(=O)N3C[C@]4(C[C@H]3C=O)C(=O)Nc3ccccc34)cc12. The van der Waals surface area contributed by atoms with Gasteiger partial charge in [-0.15, -0.1) is 0 Å². The van der Waals surface area contributed by atoms with Crippen molar-refractivity contribution in [3.05, 3.63) is 59.3 Å². The van der Waals surface area contributed by atoms with E-state index >= 15 is 0 Å². The monoisotopic (exact) mass is 527 g/mol. The number of nitrogens with one attached hydrogen (secondary N) is 3. The van der Waals surface area contributed by atoms with Gasteiger partial charge in [0.05, 0.1) is 35.7 Å². The number of hydrogen-bond donors (Lipinski definition) is 3. The molecular formula is C29H29N5O5. The maximum Gasteiger partial charge on any atom is 0.268 e. The Bertz CT molecular complexity index is 1540. The fourth-order valence-corrected chi connectivity index (χ4v) is 5.73. The van der Waals surface area contributed by atoms with Crippen molar-refractivity contribution < 1.29 is 23.9 Å².